The number of imide groups is 1. The number of rotatable bonds is 7. The smallest absolute Gasteiger partial charge is 0.344 e. The van der Waals surface area contributed by atoms with Gasteiger partial charge in [0.25, 0.3) is 5.91 Å². The molecule has 1 aliphatic heterocycles. The van der Waals surface area contributed by atoms with Gasteiger partial charge >= 0.3 is 12.0 Å². The van der Waals surface area contributed by atoms with Crippen LogP contribution >= 0.6 is 0 Å². The minimum atomic E-state index is -1.14. The van der Waals surface area contributed by atoms with Crippen molar-refractivity contribution in [1.82, 2.24) is 10.2 Å². The second kappa shape index (κ2) is 8.47. The lowest BCUT2D eigenvalue weighted by Crippen LogP contribution is -2.30. The molecular weight excluding hydrogens is 376 g/mol. The Hall–Kier alpha value is -3.81. The molecule has 2 aromatic rings. The van der Waals surface area contributed by atoms with Crippen LogP contribution in [0.15, 0.2) is 54.2 Å². The summed E-state index contributed by atoms with van der Waals surface area (Å²) < 4.78 is 10.8. The molecule has 3 rings (SSSR count). The topological polar surface area (TPSA) is 105 Å². The van der Waals surface area contributed by atoms with Crippen molar-refractivity contribution in [2.45, 2.75) is 19.6 Å². The number of nitrogens with one attached hydrogen (secondary N) is 1. The third-order valence-electron chi connectivity index (χ3n) is 4.32. The summed E-state index contributed by atoms with van der Waals surface area (Å²) in [4.78, 5) is 37.3. The van der Waals surface area contributed by atoms with E-state index in [2.05, 4.69) is 5.32 Å². The molecule has 29 heavy (non-hydrogen) atoms. The van der Waals surface area contributed by atoms with Crippen LogP contribution in [0.3, 0.4) is 0 Å². The number of carbonyl (C=O) groups is 3. The molecule has 0 bridgehead atoms. The molecule has 0 aliphatic carbocycles. The first-order chi connectivity index (χ1) is 13.9. The first-order valence-electron chi connectivity index (χ1n) is 8.85. The van der Waals surface area contributed by atoms with Crippen molar-refractivity contribution in [3.05, 3.63) is 65.4 Å². The third-order valence-corrected chi connectivity index (χ3v) is 4.32. The number of aliphatic carboxylic acids is 1. The first kappa shape index (κ1) is 19.9. The SMILES string of the molecule is COc1cccc(/C=C2\NC(=O)N(Cc3ccccc3)C2=O)c1O[C@@H](C)C(=O)O. The van der Waals surface area contributed by atoms with Crippen LogP contribution in [0.5, 0.6) is 11.5 Å². The minimum Gasteiger partial charge on any atom is -0.493 e. The molecule has 0 saturated carbocycles. The fourth-order valence-electron chi connectivity index (χ4n) is 2.80. The molecule has 0 aromatic heterocycles. The summed E-state index contributed by atoms with van der Waals surface area (Å²) in [5.41, 5.74) is 1.28. The van der Waals surface area contributed by atoms with Gasteiger partial charge in [0.1, 0.15) is 5.70 Å². The normalized spacial score (nSPS) is 15.9. The minimum absolute atomic E-state index is 0.0620. The summed E-state index contributed by atoms with van der Waals surface area (Å²) >= 11 is 0. The van der Waals surface area contributed by atoms with E-state index in [9.17, 15) is 14.4 Å². The Morgan fingerprint density at radius 3 is 2.55 bits per heavy atom. The number of carboxylic acids is 1. The standard InChI is InChI=1S/C21H20N2O6/c1-13(20(25)26)29-18-15(9-6-10-17(18)28-2)11-16-19(24)23(21(27)22-16)12-14-7-4-3-5-8-14/h3-11,13H,12H2,1-2H3,(H,22,27)(H,25,26)/b16-11-/t13-/m0/s1. The van der Waals surface area contributed by atoms with Crippen molar-refractivity contribution >= 4 is 24.0 Å². The predicted octanol–water partition coefficient (Wildman–Crippen LogP) is 2.64. The average Bonchev–Trinajstić information content (AvgIpc) is 2.97. The molecule has 2 N–H and O–H groups in total. The Balaban J connectivity index is 1.91. The molecule has 3 amide bonds. The number of nitrogens with zero attached hydrogens (tertiary/aromatic N) is 1. The van der Waals surface area contributed by atoms with E-state index in [1.807, 2.05) is 30.3 Å². The van der Waals surface area contributed by atoms with Gasteiger partial charge in [0.2, 0.25) is 0 Å². The van der Waals surface area contributed by atoms with Gasteiger partial charge in [-0.2, -0.15) is 0 Å². The fourth-order valence-corrected chi connectivity index (χ4v) is 2.80. The van der Waals surface area contributed by atoms with Crippen molar-refractivity contribution in [2.24, 2.45) is 0 Å². The Bertz CT molecular complexity index is 970. The van der Waals surface area contributed by atoms with E-state index in [0.717, 1.165) is 10.5 Å². The van der Waals surface area contributed by atoms with Gasteiger partial charge in [0.15, 0.2) is 17.6 Å². The maximum absolute atomic E-state index is 12.7. The molecule has 1 heterocycles. The molecule has 0 unspecified atom stereocenters. The van der Waals surface area contributed by atoms with E-state index >= 15 is 0 Å². The predicted molar refractivity (Wildman–Crippen MR) is 104 cm³/mol. The Morgan fingerprint density at radius 2 is 1.90 bits per heavy atom. The van der Waals surface area contributed by atoms with Gasteiger partial charge in [0.05, 0.1) is 13.7 Å². The van der Waals surface area contributed by atoms with Crippen molar-refractivity contribution in [2.75, 3.05) is 7.11 Å². The van der Waals surface area contributed by atoms with Gasteiger partial charge in [0, 0.05) is 5.56 Å². The van der Waals surface area contributed by atoms with E-state index in [-0.39, 0.29) is 18.0 Å². The summed E-state index contributed by atoms with van der Waals surface area (Å²) in [5.74, 6) is -1.15. The van der Waals surface area contributed by atoms with Crippen LogP contribution in [0.2, 0.25) is 0 Å². The summed E-state index contributed by atoms with van der Waals surface area (Å²) in [7, 11) is 1.43. The number of benzene rings is 2. The van der Waals surface area contributed by atoms with E-state index in [4.69, 9.17) is 14.6 Å². The number of ether oxygens (including phenoxy) is 2. The van der Waals surface area contributed by atoms with Crippen molar-refractivity contribution in [3.8, 4) is 11.5 Å². The van der Waals surface area contributed by atoms with Crippen LogP contribution in [-0.4, -0.2) is 41.1 Å². The van der Waals surface area contributed by atoms with Gasteiger partial charge in [-0.1, -0.05) is 42.5 Å². The largest absolute Gasteiger partial charge is 0.493 e. The number of amides is 3. The number of carboxylic acid groups (broad SMARTS) is 1. The quantitative estimate of drug-likeness (QED) is 0.551. The van der Waals surface area contributed by atoms with Crippen LogP contribution in [0.25, 0.3) is 6.08 Å². The van der Waals surface area contributed by atoms with E-state index in [1.54, 1.807) is 18.2 Å². The Morgan fingerprint density at radius 1 is 1.17 bits per heavy atom. The number of hydrogen-bond donors (Lipinski definition) is 2. The zero-order chi connectivity index (χ0) is 21.0. The summed E-state index contributed by atoms with van der Waals surface area (Å²) in [6, 6.07) is 13.5. The maximum atomic E-state index is 12.7. The molecule has 0 spiro atoms. The van der Waals surface area contributed by atoms with E-state index in [1.165, 1.54) is 20.1 Å². The van der Waals surface area contributed by atoms with Crippen LogP contribution < -0.4 is 14.8 Å². The van der Waals surface area contributed by atoms with Gasteiger partial charge in [-0.15, -0.1) is 0 Å². The van der Waals surface area contributed by atoms with Crippen LogP contribution in [0.4, 0.5) is 4.79 Å². The number of urea groups is 1. The van der Waals surface area contributed by atoms with E-state index < -0.39 is 24.0 Å². The highest BCUT2D eigenvalue weighted by Crippen LogP contribution is 2.34. The highest BCUT2D eigenvalue weighted by molar-refractivity contribution is 6.14. The monoisotopic (exact) mass is 396 g/mol. The molecule has 1 fully saturated rings. The van der Waals surface area contributed by atoms with Crippen molar-refractivity contribution in [3.63, 3.8) is 0 Å². The van der Waals surface area contributed by atoms with Crippen molar-refractivity contribution in [1.29, 1.82) is 0 Å². The zero-order valence-electron chi connectivity index (χ0n) is 15.9. The molecule has 1 aliphatic rings. The molecule has 150 valence electrons. The lowest BCUT2D eigenvalue weighted by atomic mass is 10.1. The lowest BCUT2D eigenvalue weighted by Gasteiger charge is -2.16. The highest BCUT2D eigenvalue weighted by Gasteiger charge is 2.34. The van der Waals surface area contributed by atoms with Gasteiger partial charge in [-0.25, -0.2) is 9.59 Å². The maximum Gasteiger partial charge on any atom is 0.344 e. The fraction of sp³-hybridized carbons (Fsp3) is 0.190. The van der Waals surface area contributed by atoms with Gasteiger partial charge in [-0.3, -0.25) is 9.69 Å². The van der Waals surface area contributed by atoms with Gasteiger partial charge in [-0.05, 0) is 24.6 Å². The molecule has 1 atom stereocenters. The molecule has 8 heteroatoms. The van der Waals surface area contributed by atoms with Crippen molar-refractivity contribution < 1.29 is 29.0 Å². The second-order valence-corrected chi connectivity index (χ2v) is 6.34. The number of hydrogen-bond acceptors (Lipinski definition) is 5. The first-order valence-corrected chi connectivity index (χ1v) is 8.85. The molecule has 0 radical (unpaired) electrons. The number of para-hydroxylation sites is 1. The summed E-state index contributed by atoms with van der Waals surface area (Å²) in [6.45, 7) is 1.52. The molecule has 1 saturated heterocycles. The lowest BCUT2D eigenvalue weighted by molar-refractivity contribution is -0.144. The van der Waals surface area contributed by atoms with Crippen LogP contribution in [0.1, 0.15) is 18.1 Å². The average molecular weight is 396 g/mol. The van der Waals surface area contributed by atoms with Crippen LogP contribution in [0, 0.1) is 0 Å². The Kier molecular flexibility index (Phi) is 5.82. The molecule has 2 aromatic carbocycles. The number of methoxy groups -OCH3 is 1. The van der Waals surface area contributed by atoms with E-state index in [0.29, 0.717) is 11.3 Å². The molecular formula is C21H20N2O6. The van der Waals surface area contributed by atoms with Crippen LogP contribution in [-0.2, 0) is 16.1 Å². The molecule has 8 nitrogen and oxygen atoms in total. The highest BCUT2D eigenvalue weighted by atomic mass is 16.5. The van der Waals surface area contributed by atoms with Gasteiger partial charge < -0.3 is 19.9 Å². The summed E-state index contributed by atoms with van der Waals surface area (Å²) in [5, 5.41) is 11.7. The summed E-state index contributed by atoms with van der Waals surface area (Å²) in [6.07, 6.45) is 0.310. The third kappa shape index (κ3) is 4.37. The zero-order valence-corrected chi connectivity index (χ0v) is 15.9. The Labute approximate surface area is 167 Å². The second-order valence-electron chi connectivity index (χ2n) is 6.34. The number of carbonyl (C=O) groups excluding carboxylic acids is 2.